The van der Waals surface area contributed by atoms with E-state index in [-0.39, 0.29) is 17.0 Å². The minimum atomic E-state index is -0.771. The van der Waals surface area contributed by atoms with Crippen LogP contribution >= 0.6 is 23.1 Å². The Morgan fingerprint density at radius 2 is 1.84 bits per heavy atom. The van der Waals surface area contributed by atoms with Crippen LogP contribution in [-0.2, 0) is 4.79 Å². The standard InChI is InChI=1S/C23H21FN2O4S2/c1-29-18-10-9-14(12-19(18)30-2)22(28)26-17(13-32-23(26)20-8-5-11-31-20)21(27)25-16-7-4-3-6-15(16)24/h3-12,17,23H,13H2,1-2H3,(H,25,27). The summed E-state index contributed by atoms with van der Waals surface area (Å²) in [6.07, 6.45) is 0. The Morgan fingerprint density at radius 1 is 1.06 bits per heavy atom. The maximum atomic E-state index is 14.1. The van der Waals surface area contributed by atoms with E-state index < -0.39 is 17.8 Å². The summed E-state index contributed by atoms with van der Waals surface area (Å²) in [7, 11) is 3.02. The predicted octanol–water partition coefficient (Wildman–Crippen LogP) is 4.80. The molecule has 0 radical (unpaired) electrons. The normalized spacial score (nSPS) is 17.8. The molecule has 1 N–H and O–H groups in total. The third-order valence-electron chi connectivity index (χ3n) is 5.09. The van der Waals surface area contributed by atoms with Crippen molar-refractivity contribution in [2.75, 3.05) is 25.3 Å². The molecule has 9 heteroatoms. The van der Waals surface area contributed by atoms with Crippen LogP contribution in [0.4, 0.5) is 10.1 Å². The van der Waals surface area contributed by atoms with Crippen LogP contribution in [0.2, 0.25) is 0 Å². The van der Waals surface area contributed by atoms with Crippen LogP contribution in [0.1, 0.15) is 20.6 Å². The van der Waals surface area contributed by atoms with Crippen molar-refractivity contribution >= 4 is 40.6 Å². The monoisotopic (exact) mass is 472 g/mol. The Morgan fingerprint density at radius 3 is 2.53 bits per heavy atom. The first-order valence-corrected chi connectivity index (χ1v) is 11.7. The minimum absolute atomic E-state index is 0.0839. The highest BCUT2D eigenvalue weighted by atomic mass is 32.2. The number of carbonyl (C=O) groups excluding carboxylic acids is 2. The molecule has 2 aromatic carbocycles. The van der Waals surface area contributed by atoms with Crippen LogP contribution in [0.5, 0.6) is 11.5 Å². The first-order chi connectivity index (χ1) is 15.5. The summed E-state index contributed by atoms with van der Waals surface area (Å²) in [6, 6.07) is 13.9. The Balaban J connectivity index is 1.67. The van der Waals surface area contributed by atoms with Crippen LogP contribution in [0.3, 0.4) is 0 Å². The van der Waals surface area contributed by atoms with E-state index in [1.165, 1.54) is 49.5 Å². The number of thioether (sulfide) groups is 1. The van der Waals surface area contributed by atoms with Gasteiger partial charge in [0.1, 0.15) is 17.2 Å². The molecule has 166 valence electrons. The van der Waals surface area contributed by atoms with E-state index in [4.69, 9.17) is 9.47 Å². The molecule has 6 nitrogen and oxygen atoms in total. The van der Waals surface area contributed by atoms with E-state index in [1.807, 2.05) is 17.5 Å². The lowest BCUT2D eigenvalue weighted by Gasteiger charge is -2.28. The molecule has 2 heterocycles. The number of thiophene rings is 1. The zero-order chi connectivity index (χ0) is 22.7. The molecule has 1 saturated heterocycles. The second-order valence-corrected chi connectivity index (χ2v) is 9.06. The van der Waals surface area contributed by atoms with Gasteiger partial charge in [0.25, 0.3) is 5.91 Å². The Bertz CT molecular complexity index is 1120. The number of rotatable bonds is 6. The molecule has 1 aliphatic rings. The number of benzene rings is 2. The summed E-state index contributed by atoms with van der Waals surface area (Å²) in [4.78, 5) is 29.3. The predicted molar refractivity (Wildman–Crippen MR) is 124 cm³/mol. The highest BCUT2D eigenvalue weighted by Gasteiger charge is 2.43. The molecule has 1 aromatic heterocycles. The van der Waals surface area contributed by atoms with Gasteiger partial charge >= 0.3 is 0 Å². The molecule has 2 unspecified atom stereocenters. The highest BCUT2D eigenvalue weighted by Crippen LogP contribution is 2.44. The summed E-state index contributed by atoms with van der Waals surface area (Å²) < 4.78 is 24.7. The van der Waals surface area contributed by atoms with Gasteiger partial charge in [0, 0.05) is 16.2 Å². The fraction of sp³-hybridized carbons (Fsp3) is 0.217. The van der Waals surface area contributed by atoms with Crippen LogP contribution in [-0.4, -0.2) is 42.7 Å². The molecule has 2 amide bonds. The van der Waals surface area contributed by atoms with Crippen molar-refractivity contribution in [3.8, 4) is 11.5 Å². The minimum Gasteiger partial charge on any atom is -0.493 e. The average molecular weight is 473 g/mol. The number of ether oxygens (including phenoxy) is 2. The van der Waals surface area contributed by atoms with Gasteiger partial charge < -0.3 is 19.7 Å². The van der Waals surface area contributed by atoms with Crippen molar-refractivity contribution in [3.05, 3.63) is 76.2 Å². The lowest BCUT2D eigenvalue weighted by molar-refractivity contribution is -0.119. The van der Waals surface area contributed by atoms with Crippen LogP contribution in [0.15, 0.2) is 60.0 Å². The van der Waals surface area contributed by atoms with Gasteiger partial charge in [-0.05, 0) is 41.8 Å². The van der Waals surface area contributed by atoms with Crippen LogP contribution < -0.4 is 14.8 Å². The molecule has 1 fully saturated rings. The number of methoxy groups -OCH3 is 2. The lowest BCUT2D eigenvalue weighted by Crippen LogP contribution is -2.45. The van der Waals surface area contributed by atoms with Gasteiger partial charge in [-0.3, -0.25) is 9.59 Å². The fourth-order valence-corrected chi connectivity index (χ4v) is 5.90. The van der Waals surface area contributed by atoms with Crippen molar-refractivity contribution in [1.29, 1.82) is 0 Å². The van der Waals surface area contributed by atoms with E-state index in [9.17, 15) is 14.0 Å². The summed E-state index contributed by atoms with van der Waals surface area (Å²) >= 11 is 3.02. The molecule has 3 aromatic rings. The summed E-state index contributed by atoms with van der Waals surface area (Å²) in [6.45, 7) is 0. The molecular weight excluding hydrogens is 451 g/mol. The van der Waals surface area contributed by atoms with Crippen molar-refractivity contribution in [2.45, 2.75) is 11.4 Å². The molecule has 0 bridgehead atoms. The number of anilines is 1. The van der Waals surface area contributed by atoms with Gasteiger partial charge in [-0.15, -0.1) is 23.1 Å². The molecule has 1 aliphatic heterocycles. The second kappa shape index (κ2) is 9.62. The smallest absolute Gasteiger partial charge is 0.255 e. The number of hydrogen-bond donors (Lipinski definition) is 1. The summed E-state index contributed by atoms with van der Waals surface area (Å²) in [5, 5.41) is 4.24. The number of para-hydroxylation sites is 1. The number of carbonyl (C=O) groups is 2. The average Bonchev–Trinajstić information content (AvgIpc) is 3.49. The highest BCUT2D eigenvalue weighted by molar-refractivity contribution is 7.99. The zero-order valence-corrected chi connectivity index (χ0v) is 19.0. The summed E-state index contributed by atoms with van der Waals surface area (Å²) in [5.74, 6) is 0.0355. The van der Waals surface area contributed by atoms with Gasteiger partial charge in [-0.2, -0.15) is 0 Å². The molecule has 0 spiro atoms. The van der Waals surface area contributed by atoms with Gasteiger partial charge in [0.2, 0.25) is 5.91 Å². The maximum Gasteiger partial charge on any atom is 0.255 e. The van der Waals surface area contributed by atoms with Crippen molar-refractivity contribution < 1.29 is 23.5 Å². The SMILES string of the molecule is COc1ccc(C(=O)N2C(C(=O)Nc3ccccc3F)CSC2c2cccs2)cc1OC. The molecule has 2 atom stereocenters. The van der Waals surface area contributed by atoms with Crippen LogP contribution in [0.25, 0.3) is 0 Å². The third-order valence-corrected chi connectivity index (χ3v) is 7.47. The summed E-state index contributed by atoms with van der Waals surface area (Å²) in [5.41, 5.74) is 0.455. The van der Waals surface area contributed by atoms with Gasteiger partial charge in [0.15, 0.2) is 11.5 Å². The molecule has 0 saturated carbocycles. The van der Waals surface area contributed by atoms with E-state index in [2.05, 4.69) is 5.32 Å². The van der Waals surface area contributed by atoms with E-state index in [1.54, 1.807) is 35.2 Å². The van der Waals surface area contributed by atoms with Crippen molar-refractivity contribution in [2.24, 2.45) is 0 Å². The van der Waals surface area contributed by atoms with E-state index in [0.717, 1.165) is 4.88 Å². The number of nitrogens with zero attached hydrogens (tertiary/aromatic N) is 1. The van der Waals surface area contributed by atoms with Crippen LogP contribution in [0, 0.1) is 5.82 Å². The fourth-order valence-electron chi connectivity index (χ4n) is 3.50. The van der Waals surface area contributed by atoms with Gasteiger partial charge in [-0.25, -0.2) is 4.39 Å². The third kappa shape index (κ3) is 4.31. The lowest BCUT2D eigenvalue weighted by atomic mass is 10.1. The molecule has 32 heavy (non-hydrogen) atoms. The van der Waals surface area contributed by atoms with Gasteiger partial charge in [0.05, 0.1) is 19.9 Å². The number of amides is 2. The second-order valence-electron chi connectivity index (χ2n) is 6.97. The topological polar surface area (TPSA) is 67.9 Å². The molecule has 4 rings (SSSR count). The van der Waals surface area contributed by atoms with E-state index in [0.29, 0.717) is 22.8 Å². The number of nitrogens with one attached hydrogen (secondary N) is 1. The molecule has 0 aliphatic carbocycles. The first-order valence-electron chi connectivity index (χ1n) is 9.78. The zero-order valence-electron chi connectivity index (χ0n) is 17.4. The Hall–Kier alpha value is -3.04. The maximum absolute atomic E-state index is 14.1. The van der Waals surface area contributed by atoms with Crippen molar-refractivity contribution in [3.63, 3.8) is 0 Å². The largest absolute Gasteiger partial charge is 0.493 e. The quantitative estimate of drug-likeness (QED) is 0.558. The Kier molecular flexibility index (Phi) is 6.66. The molecular formula is C23H21FN2O4S2. The Labute approximate surface area is 193 Å². The van der Waals surface area contributed by atoms with E-state index >= 15 is 0 Å². The first kappa shape index (κ1) is 22.2. The van der Waals surface area contributed by atoms with Crippen molar-refractivity contribution in [1.82, 2.24) is 4.90 Å². The van der Waals surface area contributed by atoms with Gasteiger partial charge in [-0.1, -0.05) is 18.2 Å². The number of halogens is 1. The number of hydrogen-bond acceptors (Lipinski definition) is 6.